The van der Waals surface area contributed by atoms with Crippen LogP contribution >= 0.6 is 11.6 Å². The van der Waals surface area contributed by atoms with Crippen molar-refractivity contribution in [3.63, 3.8) is 0 Å². The van der Waals surface area contributed by atoms with Crippen molar-refractivity contribution in [1.29, 1.82) is 0 Å². The smallest absolute Gasteiger partial charge is 0.329 e. The largest absolute Gasteiger partial charge is 0.466 e. The molecule has 0 bridgehead atoms. The standard InChI is InChI=1S/C40H39ClN2O7/c1-4-48-37(45)33-34(38(46)49-5-2)40(27-19-11-8-12-20-27)25-32(28-21-13-14-22-29(28)41)42(36(44)26-17-9-7-10-18-26)30-23-15-16-24-31(30)43(40)35(33)39(47)50-6-3/h7-24,32-35H,4-6,25H2,1-3H3. The minimum atomic E-state index is -1.46. The highest BCUT2D eigenvalue weighted by Gasteiger charge is 2.69. The maximum atomic E-state index is 14.9. The van der Waals surface area contributed by atoms with E-state index in [0.717, 1.165) is 0 Å². The molecule has 0 N–H and O–H groups in total. The SMILES string of the molecule is CCOC(=O)C1C(C(=O)OCC)N2c3ccccc3N(C(=O)c3ccccc3)C(c3ccccc3Cl)CC2(c2ccccc2)C1C(=O)OCC. The number of fused-ring (bicyclic) bond motifs is 3. The van der Waals surface area contributed by atoms with Gasteiger partial charge in [0, 0.05) is 17.0 Å². The number of hydrogen-bond acceptors (Lipinski definition) is 8. The van der Waals surface area contributed by atoms with Gasteiger partial charge in [-0.2, -0.15) is 0 Å². The van der Waals surface area contributed by atoms with Gasteiger partial charge in [-0.05, 0) is 62.2 Å². The minimum Gasteiger partial charge on any atom is -0.466 e. The molecule has 1 amide bonds. The van der Waals surface area contributed by atoms with Crippen molar-refractivity contribution in [3.8, 4) is 0 Å². The maximum absolute atomic E-state index is 14.9. The van der Waals surface area contributed by atoms with E-state index in [-0.39, 0.29) is 32.1 Å². The highest BCUT2D eigenvalue weighted by atomic mass is 35.5. The number of ether oxygens (including phenoxy) is 3. The van der Waals surface area contributed by atoms with E-state index in [1.807, 2.05) is 65.6 Å². The Kier molecular flexibility index (Phi) is 10.2. The predicted molar refractivity (Wildman–Crippen MR) is 190 cm³/mol. The van der Waals surface area contributed by atoms with Crippen molar-refractivity contribution in [2.75, 3.05) is 29.6 Å². The van der Waals surface area contributed by atoms with E-state index in [0.29, 0.717) is 33.1 Å². The molecule has 0 spiro atoms. The summed E-state index contributed by atoms with van der Waals surface area (Å²) < 4.78 is 17.1. The topological polar surface area (TPSA) is 102 Å². The number of anilines is 2. The molecular weight excluding hydrogens is 656 g/mol. The summed E-state index contributed by atoms with van der Waals surface area (Å²) in [4.78, 5) is 61.5. The highest BCUT2D eigenvalue weighted by molar-refractivity contribution is 6.31. The predicted octanol–water partition coefficient (Wildman–Crippen LogP) is 7.14. The van der Waals surface area contributed by atoms with Gasteiger partial charge >= 0.3 is 17.9 Å². The third-order valence-electron chi connectivity index (χ3n) is 9.54. The molecule has 0 aromatic heterocycles. The third-order valence-corrected chi connectivity index (χ3v) is 9.89. The summed E-state index contributed by atoms with van der Waals surface area (Å²) in [5.74, 6) is -5.02. The molecule has 4 aromatic carbocycles. The molecule has 0 radical (unpaired) electrons. The van der Waals surface area contributed by atoms with Crippen LogP contribution in [0.2, 0.25) is 5.02 Å². The van der Waals surface area contributed by atoms with Gasteiger partial charge in [-0.15, -0.1) is 0 Å². The Balaban J connectivity index is 1.77. The molecule has 5 atom stereocenters. The zero-order chi connectivity index (χ0) is 35.4. The molecule has 2 heterocycles. The molecule has 1 saturated heterocycles. The normalized spacial score (nSPS) is 22.5. The second-order valence-corrected chi connectivity index (χ2v) is 12.5. The van der Waals surface area contributed by atoms with Gasteiger partial charge in [0.2, 0.25) is 0 Å². The molecule has 50 heavy (non-hydrogen) atoms. The second kappa shape index (κ2) is 14.8. The molecule has 0 saturated carbocycles. The average Bonchev–Trinajstić information content (AvgIpc) is 3.37. The fourth-order valence-corrected chi connectivity index (χ4v) is 8.00. The Bertz CT molecular complexity index is 1870. The number of rotatable bonds is 9. The average molecular weight is 695 g/mol. The van der Waals surface area contributed by atoms with Crippen LogP contribution < -0.4 is 9.80 Å². The van der Waals surface area contributed by atoms with E-state index in [1.165, 1.54) is 0 Å². The fraction of sp³-hybridized carbons (Fsp3) is 0.300. The van der Waals surface area contributed by atoms with E-state index in [4.69, 9.17) is 25.8 Å². The second-order valence-electron chi connectivity index (χ2n) is 12.1. The van der Waals surface area contributed by atoms with Crippen LogP contribution in [0.5, 0.6) is 0 Å². The molecule has 0 aliphatic carbocycles. The number of para-hydroxylation sites is 2. The maximum Gasteiger partial charge on any atom is 0.329 e. The zero-order valence-electron chi connectivity index (χ0n) is 28.2. The number of halogens is 1. The van der Waals surface area contributed by atoms with E-state index in [1.54, 1.807) is 74.2 Å². The summed E-state index contributed by atoms with van der Waals surface area (Å²) in [5, 5.41) is 0.409. The number of esters is 3. The van der Waals surface area contributed by atoms with E-state index >= 15 is 0 Å². The Morgan fingerprint density at radius 3 is 1.86 bits per heavy atom. The van der Waals surface area contributed by atoms with E-state index < -0.39 is 47.4 Å². The Morgan fingerprint density at radius 2 is 1.22 bits per heavy atom. The summed E-state index contributed by atoms with van der Waals surface area (Å²) in [6.07, 6.45) is 0.0310. The first-order chi connectivity index (χ1) is 24.3. The number of carbonyl (C=O) groups excluding carboxylic acids is 4. The number of amides is 1. The van der Waals surface area contributed by atoms with Gasteiger partial charge in [-0.1, -0.05) is 90.5 Å². The van der Waals surface area contributed by atoms with Crippen LogP contribution in [0.1, 0.15) is 54.7 Å². The fourth-order valence-electron chi connectivity index (χ4n) is 7.74. The van der Waals surface area contributed by atoms with E-state index in [2.05, 4.69) is 0 Å². The van der Waals surface area contributed by atoms with Gasteiger partial charge in [-0.3, -0.25) is 19.3 Å². The number of benzene rings is 4. The molecule has 10 heteroatoms. The van der Waals surface area contributed by atoms with Crippen LogP contribution in [0.15, 0.2) is 109 Å². The first kappa shape index (κ1) is 34.7. The first-order valence-electron chi connectivity index (χ1n) is 16.9. The van der Waals surface area contributed by atoms with Crippen molar-refractivity contribution in [2.24, 2.45) is 11.8 Å². The third kappa shape index (κ3) is 5.89. The van der Waals surface area contributed by atoms with Crippen LogP contribution in [0.3, 0.4) is 0 Å². The monoisotopic (exact) mass is 694 g/mol. The molecule has 2 aliphatic heterocycles. The van der Waals surface area contributed by atoms with Crippen LogP contribution in [0, 0.1) is 11.8 Å². The van der Waals surface area contributed by atoms with Crippen LogP contribution in [0.25, 0.3) is 0 Å². The van der Waals surface area contributed by atoms with Gasteiger partial charge < -0.3 is 19.1 Å². The summed E-state index contributed by atoms with van der Waals surface area (Å²) in [5.41, 5.74) is 1.15. The molecule has 258 valence electrons. The number of carbonyl (C=O) groups is 4. The Labute approximate surface area is 296 Å². The number of hydrogen-bond donors (Lipinski definition) is 0. The number of nitrogens with zero attached hydrogens (tertiary/aromatic N) is 2. The Hall–Kier alpha value is -5.15. The van der Waals surface area contributed by atoms with Gasteiger partial charge in [0.05, 0.1) is 42.8 Å². The lowest BCUT2D eigenvalue weighted by Gasteiger charge is -2.44. The molecule has 6 rings (SSSR count). The van der Waals surface area contributed by atoms with Gasteiger partial charge in [-0.25, -0.2) is 4.79 Å². The van der Waals surface area contributed by atoms with Gasteiger partial charge in [0.15, 0.2) is 0 Å². The summed E-state index contributed by atoms with van der Waals surface area (Å²) >= 11 is 6.99. The van der Waals surface area contributed by atoms with Crippen LogP contribution in [-0.4, -0.2) is 49.7 Å². The minimum absolute atomic E-state index is 0.0248. The van der Waals surface area contributed by atoms with Crippen LogP contribution in [0.4, 0.5) is 11.4 Å². The lowest BCUT2D eigenvalue weighted by atomic mass is 9.70. The van der Waals surface area contributed by atoms with Crippen LogP contribution in [-0.2, 0) is 34.1 Å². The van der Waals surface area contributed by atoms with Crippen molar-refractivity contribution >= 4 is 46.8 Å². The van der Waals surface area contributed by atoms with Crippen molar-refractivity contribution in [1.82, 2.24) is 0 Å². The van der Waals surface area contributed by atoms with E-state index in [9.17, 15) is 19.2 Å². The van der Waals surface area contributed by atoms with Crippen molar-refractivity contribution in [3.05, 3.63) is 131 Å². The Morgan fingerprint density at radius 1 is 0.680 bits per heavy atom. The molecule has 1 fully saturated rings. The molecule has 4 aromatic rings. The summed E-state index contributed by atoms with van der Waals surface area (Å²) in [7, 11) is 0. The quantitative estimate of drug-likeness (QED) is 0.135. The molecule has 2 aliphatic rings. The molecule has 9 nitrogen and oxygen atoms in total. The van der Waals surface area contributed by atoms with Crippen molar-refractivity contribution < 1.29 is 33.4 Å². The highest BCUT2D eigenvalue weighted by Crippen LogP contribution is 2.61. The molecule has 5 unspecified atom stereocenters. The lowest BCUT2D eigenvalue weighted by Crippen LogP contribution is -2.52. The summed E-state index contributed by atoms with van der Waals surface area (Å²) in [6.45, 7) is 5.14. The lowest BCUT2D eigenvalue weighted by molar-refractivity contribution is -0.163. The van der Waals surface area contributed by atoms with Gasteiger partial charge in [0.1, 0.15) is 17.9 Å². The summed E-state index contributed by atoms with van der Waals surface area (Å²) in [6, 6.07) is 30.5. The van der Waals surface area contributed by atoms with Crippen molar-refractivity contribution in [2.45, 2.75) is 44.8 Å². The zero-order valence-corrected chi connectivity index (χ0v) is 28.9. The van der Waals surface area contributed by atoms with Gasteiger partial charge in [0.25, 0.3) is 5.91 Å². The first-order valence-corrected chi connectivity index (χ1v) is 17.2. The molecular formula is C40H39ClN2O7.